The van der Waals surface area contributed by atoms with Gasteiger partial charge in [-0.2, -0.15) is 0 Å². The van der Waals surface area contributed by atoms with Crippen LogP contribution < -0.4 is 4.74 Å². The van der Waals surface area contributed by atoms with Gasteiger partial charge in [0.15, 0.2) is 0 Å². The molecule has 0 atom stereocenters. The summed E-state index contributed by atoms with van der Waals surface area (Å²) in [5.74, 6) is 1.35. The van der Waals surface area contributed by atoms with E-state index in [0.29, 0.717) is 12.5 Å². The third-order valence-electron chi connectivity index (χ3n) is 3.57. The van der Waals surface area contributed by atoms with E-state index in [9.17, 15) is 0 Å². The fourth-order valence-electron chi connectivity index (χ4n) is 2.54. The summed E-state index contributed by atoms with van der Waals surface area (Å²) in [6.45, 7) is 9.04. The second-order valence-corrected chi connectivity index (χ2v) is 5.68. The molecule has 0 N–H and O–H groups in total. The van der Waals surface area contributed by atoms with E-state index >= 15 is 0 Å². The van der Waals surface area contributed by atoms with Crippen LogP contribution in [0, 0.1) is 27.7 Å². The number of halogens is 1. The Morgan fingerprint density at radius 2 is 1.55 bits per heavy atom. The predicted molar refractivity (Wildman–Crippen MR) is 85.7 cm³/mol. The summed E-state index contributed by atoms with van der Waals surface area (Å²) >= 11 is 5.99. The summed E-state index contributed by atoms with van der Waals surface area (Å²) in [6.07, 6.45) is 0. The van der Waals surface area contributed by atoms with Crippen molar-refractivity contribution in [2.24, 2.45) is 0 Å². The molecule has 0 heterocycles. The molecule has 0 fully saturated rings. The van der Waals surface area contributed by atoms with Crippen LogP contribution >= 0.6 is 11.6 Å². The van der Waals surface area contributed by atoms with Crippen LogP contribution in [-0.4, -0.2) is 0 Å². The molecule has 2 aromatic rings. The lowest BCUT2D eigenvalue weighted by molar-refractivity contribution is 0.302. The number of hydrogen-bond donors (Lipinski definition) is 0. The molecular weight excluding hydrogens is 268 g/mol. The molecule has 0 aromatic heterocycles. The van der Waals surface area contributed by atoms with Crippen molar-refractivity contribution >= 4 is 11.6 Å². The highest BCUT2D eigenvalue weighted by Crippen LogP contribution is 2.24. The van der Waals surface area contributed by atoms with Gasteiger partial charge < -0.3 is 4.74 Å². The lowest BCUT2D eigenvalue weighted by Gasteiger charge is -2.15. The molecule has 0 spiro atoms. The first-order valence-electron chi connectivity index (χ1n) is 6.86. The molecule has 2 aromatic carbocycles. The summed E-state index contributed by atoms with van der Waals surface area (Å²) in [7, 11) is 0. The van der Waals surface area contributed by atoms with Gasteiger partial charge in [0, 0.05) is 5.56 Å². The van der Waals surface area contributed by atoms with Crippen LogP contribution in [0.5, 0.6) is 5.75 Å². The van der Waals surface area contributed by atoms with Crippen LogP contribution in [0.2, 0.25) is 0 Å². The zero-order valence-electron chi connectivity index (χ0n) is 12.6. The second kappa shape index (κ2) is 6.32. The average molecular weight is 289 g/mol. The highest BCUT2D eigenvalue weighted by molar-refractivity contribution is 6.17. The van der Waals surface area contributed by atoms with Gasteiger partial charge in [0.25, 0.3) is 0 Å². The third-order valence-corrected chi connectivity index (χ3v) is 3.86. The van der Waals surface area contributed by atoms with Crippen LogP contribution in [-0.2, 0) is 12.5 Å². The van der Waals surface area contributed by atoms with Crippen LogP contribution in [0.4, 0.5) is 0 Å². The van der Waals surface area contributed by atoms with Gasteiger partial charge in [-0.3, -0.25) is 0 Å². The first-order valence-corrected chi connectivity index (χ1v) is 7.39. The van der Waals surface area contributed by atoms with Gasteiger partial charge >= 0.3 is 0 Å². The van der Waals surface area contributed by atoms with Crippen molar-refractivity contribution in [2.45, 2.75) is 40.2 Å². The molecular formula is C18H21ClO. The third kappa shape index (κ3) is 3.34. The van der Waals surface area contributed by atoms with Crippen molar-refractivity contribution in [3.05, 3.63) is 63.7 Å². The Morgan fingerprint density at radius 1 is 0.900 bits per heavy atom. The highest BCUT2D eigenvalue weighted by Gasteiger charge is 2.07. The fourth-order valence-corrected chi connectivity index (χ4v) is 2.75. The van der Waals surface area contributed by atoms with E-state index in [-0.39, 0.29) is 0 Å². The Hall–Kier alpha value is -1.47. The minimum absolute atomic E-state index is 0.475. The molecule has 0 bridgehead atoms. The number of hydrogen-bond acceptors (Lipinski definition) is 1. The maximum Gasteiger partial charge on any atom is 0.124 e. The molecule has 0 aliphatic rings. The van der Waals surface area contributed by atoms with Crippen molar-refractivity contribution in [1.29, 1.82) is 0 Å². The van der Waals surface area contributed by atoms with Crippen LogP contribution in [0.1, 0.15) is 33.4 Å². The van der Waals surface area contributed by atoms with Gasteiger partial charge in [0.1, 0.15) is 12.4 Å². The summed E-state index contributed by atoms with van der Waals surface area (Å²) in [5, 5.41) is 0. The molecule has 2 rings (SSSR count). The summed E-state index contributed by atoms with van der Waals surface area (Å²) in [4.78, 5) is 0. The van der Waals surface area contributed by atoms with Gasteiger partial charge in [-0.15, -0.1) is 11.6 Å². The molecule has 0 radical (unpaired) electrons. The predicted octanol–water partition coefficient (Wildman–Crippen LogP) is 5.24. The Labute approximate surface area is 126 Å². The topological polar surface area (TPSA) is 9.23 Å². The van der Waals surface area contributed by atoms with E-state index in [2.05, 4.69) is 52.0 Å². The smallest absolute Gasteiger partial charge is 0.124 e. The van der Waals surface area contributed by atoms with E-state index in [1.807, 2.05) is 6.07 Å². The normalized spacial score (nSPS) is 10.7. The largest absolute Gasteiger partial charge is 0.489 e. The van der Waals surface area contributed by atoms with Crippen LogP contribution in [0.25, 0.3) is 0 Å². The maximum atomic E-state index is 5.99. The van der Waals surface area contributed by atoms with Crippen molar-refractivity contribution < 1.29 is 4.74 Å². The minimum Gasteiger partial charge on any atom is -0.489 e. The highest BCUT2D eigenvalue weighted by atomic mass is 35.5. The summed E-state index contributed by atoms with van der Waals surface area (Å²) < 4.78 is 5.99. The van der Waals surface area contributed by atoms with E-state index in [1.54, 1.807) is 0 Å². The number of rotatable bonds is 4. The van der Waals surface area contributed by atoms with Gasteiger partial charge in [0.2, 0.25) is 0 Å². The fraction of sp³-hybridized carbons (Fsp3) is 0.333. The van der Waals surface area contributed by atoms with Crippen molar-refractivity contribution in [2.75, 3.05) is 0 Å². The Balaban J connectivity index is 2.21. The van der Waals surface area contributed by atoms with E-state index in [1.165, 1.54) is 27.8 Å². The molecule has 0 unspecified atom stereocenters. The Morgan fingerprint density at radius 3 is 2.15 bits per heavy atom. The first-order chi connectivity index (χ1) is 9.51. The zero-order chi connectivity index (χ0) is 14.7. The molecule has 0 amide bonds. The average Bonchev–Trinajstić information content (AvgIpc) is 2.38. The number of benzene rings is 2. The van der Waals surface area contributed by atoms with Crippen LogP contribution in [0.3, 0.4) is 0 Å². The lowest BCUT2D eigenvalue weighted by Crippen LogP contribution is -2.03. The molecule has 20 heavy (non-hydrogen) atoms. The van der Waals surface area contributed by atoms with Crippen molar-refractivity contribution in [3.8, 4) is 5.75 Å². The molecule has 0 saturated carbocycles. The summed E-state index contributed by atoms with van der Waals surface area (Å²) in [5.41, 5.74) is 7.37. The van der Waals surface area contributed by atoms with Crippen molar-refractivity contribution in [3.63, 3.8) is 0 Å². The quantitative estimate of drug-likeness (QED) is 0.699. The molecule has 0 aliphatic heterocycles. The molecule has 0 saturated heterocycles. The molecule has 0 aliphatic carbocycles. The maximum absolute atomic E-state index is 5.99. The second-order valence-electron chi connectivity index (χ2n) is 5.41. The summed E-state index contributed by atoms with van der Waals surface area (Å²) in [6, 6.07) is 10.5. The van der Waals surface area contributed by atoms with E-state index in [4.69, 9.17) is 16.3 Å². The molecule has 2 heteroatoms. The number of ether oxygens (including phenoxy) is 1. The first kappa shape index (κ1) is 14.9. The van der Waals surface area contributed by atoms with Gasteiger partial charge in [-0.1, -0.05) is 35.4 Å². The molecule has 1 nitrogen and oxygen atoms in total. The monoisotopic (exact) mass is 288 g/mol. The number of alkyl halides is 1. The lowest BCUT2D eigenvalue weighted by atomic mass is 10.0. The van der Waals surface area contributed by atoms with Gasteiger partial charge in [0.05, 0.1) is 5.88 Å². The van der Waals surface area contributed by atoms with Gasteiger partial charge in [-0.25, -0.2) is 0 Å². The van der Waals surface area contributed by atoms with E-state index in [0.717, 1.165) is 11.3 Å². The zero-order valence-corrected chi connectivity index (χ0v) is 13.3. The SMILES string of the molecule is Cc1cc(C)c(COc2ccc(C)cc2CCl)c(C)c1. The minimum atomic E-state index is 0.475. The molecule has 106 valence electrons. The van der Waals surface area contributed by atoms with Gasteiger partial charge in [-0.05, 0) is 50.5 Å². The standard InChI is InChI=1S/C18H21ClO/c1-12-5-6-18(16(9-12)10-19)20-11-17-14(3)7-13(2)8-15(17)4/h5-9H,10-11H2,1-4H3. The Kier molecular flexibility index (Phi) is 4.72. The Bertz CT molecular complexity index is 594. The van der Waals surface area contributed by atoms with E-state index < -0.39 is 0 Å². The number of aryl methyl sites for hydroxylation is 4. The van der Waals surface area contributed by atoms with Crippen molar-refractivity contribution in [1.82, 2.24) is 0 Å². The van der Waals surface area contributed by atoms with Crippen LogP contribution in [0.15, 0.2) is 30.3 Å².